The molecule has 0 saturated carbocycles. The molecule has 0 fully saturated rings. The summed E-state index contributed by atoms with van der Waals surface area (Å²) < 4.78 is 0. The summed E-state index contributed by atoms with van der Waals surface area (Å²) in [7, 11) is 0. The molecule has 0 aliphatic heterocycles. The van der Waals surface area contributed by atoms with E-state index in [1.807, 2.05) is 6.92 Å². The third-order valence-electron chi connectivity index (χ3n) is 2.83. The average Bonchev–Trinajstić information content (AvgIpc) is 2.46. The van der Waals surface area contributed by atoms with Crippen molar-refractivity contribution >= 4 is 11.9 Å². The van der Waals surface area contributed by atoms with E-state index in [-0.39, 0.29) is 11.3 Å². The predicted molar refractivity (Wildman–Crippen MR) is 71.3 cm³/mol. The molecular weight excluding hydrogens is 258 g/mol. The molecule has 0 bridgehead atoms. The Morgan fingerprint density at radius 3 is 2.80 bits per heavy atom. The van der Waals surface area contributed by atoms with Crippen LogP contribution in [0.1, 0.15) is 32.0 Å². The van der Waals surface area contributed by atoms with E-state index in [0.717, 1.165) is 11.1 Å². The molecule has 2 rings (SSSR count). The number of nitrogens with zero attached hydrogens (tertiary/aromatic N) is 2. The second-order valence-corrected chi connectivity index (χ2v) is 4.19. The zero-order chi connectivity index (χ0) is 14.5. The van der Waals surface area contributed by atoms with E-state index in [0.29, 0.717) is 6.54 Å². The van der Waals surface area contributed by atoms with Crippen molar-refractivity contribution in [3.05, 3.63) is 59.2 Å². The van der Waals surface area contributed by atoms with Gasteiger partial charge in [0.05, 0.1) is 5.56 Å². The van der Waals surface area contributed by atoms with Crippen LogP contribution in [-0.4, -0.2) is 27.0 Å². The number of carbonyl (C=O) groups excluding carboxylic acids is 1. The van der Waals surface area contributed by atoms with Crippen LogP contribution in [0.25, 0.3) is 0 Å². The number of rotatable bonds is 4. The van der Waals surface area contributed by atoms with Crippen molar-refractivity contribution in [3.63, 3.8) is 0 Å². The van der Waals surface area contributed by atoms with E-state index >= 15 is 0 Å². The summed E-state index contributed by atoms with van der Waals surface area (Å²) in [5, 5.41) is 11.7. The summed E-state index contributed by atoms with van der Waals surface area (Å²) in [6, 6.07) is 4.63. The number of carbonyl (C=O) groups is 2. The summed E-state index contributed by atoms with van der Waals surface area (Å²) in [6.45, 7) is 2.18. The standard InChI is InChI=1S/C14H13N3O3/c1-9-7-15-6-4-10(9)8-17-13(18)12-11(14(19)20)3-2-5-16-12/h2-7H,8H2,1H3,(H,17,18)(H,19,20). The largest absolute Gasteiger partial charge is 0.478 e. The molecule has 0 spiro atoms. The number of aromatic carboxylic acids is 1. The first-order valence-corrected chi connectivity index (χ1v) is 5.95. The summed E-state index contributed by atoms with van der Waals surface area (Å²) >= 11 is 0. The molecule has 2 aromatic heterocycles. The van der Waals surface area contributed by atoms with Gasteiger partial charge in [-0.1, -0.05) is 0 Å². The summed E-state index contributed by atoms with van der Waals surface area (Å²) in [5.41, 5.74) is 1.66. The summed E-state index contributed by atoms with van der Waals surface area (Å²) in [6.07, 6.45) is 4.72. The lowest BCUT2D eigenvalue weighted by atomic mass is 10.1. The maximum atomic E-state index is 12.0. The second-order valence-electron chi connectivity index (χ2n) is 4.19. The SMILES string of the molecule is Cc1cnccc1CNC(=O)c1ncccc1C(=O)O. The predicted octanol–water partition coefficient (Wildman–Crippen LogP) is 1.41. The molecule has 102 valence electrons. The summed E-state index contributed by atoms with van der Waals surface area (Å²) in [5.74, 6) is -1.69. The van der Waals surface area contributed by atoms with Gasteiger partial charge >= 0.3 is 5.97 Å². The number of hydrogen-bond donors (Lipinski definition) is 2. The molecule has 0 aromatic carbocycles. The van der Waals surface area contributed by atoms with Crippen molar-refractivity contribution in [1.82, 2.24) is 15.3 Å². The Bertz CT molecular complexity index is 656. The van der Waals surface area contributed by atoms with Crippen LogP contribution in [0.3, 0.4) is 0 Å². The van der Waals surface area contributed by atoms with E-state index in [9.17, 15) is 9.59 Å². The smallest absolute Gasteiger partial charge is 0.338 e. The second kappa shape index (κ2) is 5.92. The highest BCUT2D eigenvalue weighted by atomic mass is 16.4. The Morgan fingerprint density at radius 2 is 2.10 bits per heavy atom. The maximum absolute atomic E-state index is 12.0. The molecule has 20 heavy (non-hydrogen) atoms. The van der Waals surface area contributed by atoms with E-state index in [1.165, 1.54) is 18.3 Å². The van der Waals surface area contributed by atoms with Crippen LogP contribution >= 0.6 is 0 Å². The minimum Gasteiger partial charge on any atom is -0.478 e. The molecule has 0 unspecified atom stereocenters. The minimum absolute atomic E-state index is 0.0910. The van der Waals surface area contributed by atoms with Crippen LogP contribution in [0.5, 0.6) is 0 Å². The Kier molecular flexibility index (Phi) is 4.05. The molecule has 0 aliphatic rings. The van der Waals surface area contributed by atoms with Crippen LogP contribution in [0.4, 0.5) is 0 Å². The first-order valence-electron chi connectivity index (χ1n) is 5.95. The zero-order valence-corrected chi connectivity index (χ0v) is 10.8. The third-order valence-corrected chi connectivity index (χ3v) is 2.83. The molecule has 6 heteroatoms. The maximum Gasteiger partial charge on any atom is 0.338 e. The molecule has 1 amide bonds. The highest BCUT2D eigenvalue weighted by Crippen LogP contribution is 2.07. The molecule has 0 aliphatic carbocycles. The van der Waals surface area contributed by atoms with Crippen LogP contribution in [0, 0.1) is 6.92 Å². The highest BCUT2D eigenvalue weighted by Gasteiger charge is 2.17. The van der Waals surface area contributed by atoms with Gasteiger partial charge in [-0.15, -0.1) is 0 Å². The van der Waals surface area contributed by atoms with Crippen molar-refractivity contribution < 1.29 is 14.7 Å². The first kappa shape index (κ1) is 13.7. The fraction of sp³-hybridized carbons (Fsp3) is 0.143. The molecule has 2 N–H and O–H groups in total. The van der Waals surface area contributed by atoms with Gasteiger partial charge in [0.1, 0.15) is 5.69 Å². The van der Waals surface area contributed by atoms with Crippen molar-refractivity contribution in [2.75, 3.05) is 0 Å². The first-order chi connectivity index (χ1) is 9.59. The van der Waals surface area contributed by atoms with Gasteiger partial charge in [-0.2, -0.15) is 0 Å². The number of carboxylic acid groups (broad SMARTS) is 1. The lowest BCUT2D eigenvalue weighted by Gasteiger charge is -2.08. The van der Waals surface area contributed by atoms with Gasteiger partial charge in [0, 0.05) is 25.1 Å². The highest BCUT2D eigenvalue weighted by molar-refractivity contribution is 6.03. The minimum atomic E-state index is -1.18. The molecule has 6 nitrogen and oxygen atoms in total. The number of aryl methyl sites for hydroxylation is 1. The fourth-order valence-electron chi connectivity index (χ4n) is 1.72. The third kappa shape index (κ3) is 2.97. The van der Waals surface area contributed by atoms with Gasteiger partial charge in [-0.05, 0) is 36.2 Å². The monoisotopic (exact) mass is 271 g/mol. The Balaban J connectivity index is 2.14. The van der Waals surface area contributed by atoms with E-state index < -0.39 is 11.9 Å². The molecule has 2 heterocycles. The Hall–Kier alpha value is -2.76. The quantitative estimate of drug-likeness (QED) is 0.877. The van der Waals surface area contributed by atoms with Crippen LogP contribution in [0.15, 0.2) is 36.8 Å². The van der Waals surface area contributed by atoms with Gasteiger partial charge in [-0.3, -0.25) is 14.8 Å². The number of hydrogen-bond acceptors (Lipinski definition) is 4. The van der Waals surface area contributed by atoms with Crippen molar-refractivity contribution in [3.8, 4) is 0 Å². The molecule has 0 atom stereocenters. The fourth-order valence-corrected chi connectivity index (χ4v) is 1.72. The molecule has 0 radical (unpaired) electrons. The van der Waals surface area contributed by atoms with Crippen LogP contribution in [0.2, 0.25) is 0 Å². The summed E-state index contributed by atoms with van der Waals surface area (Å²) in [4.78, 5) is 30.8. The lowest BCUT2D eigenvalue weighted by Crippen LogP contribution is -2.26. The van der Waals surface area contributed by atoms with Crippen LogP contribution < -0.4 is 5.32 Å². The zero-order valence-electron chi connectivity index (χ0n) is 10.8. The molecular formula is C14H13N3O3. The van der Waals surface area contributed by atoms with E-state index in [2.05, 4.69) is 15.3 Å². The molecule has 0 saturated heterocycles. The van der Waals surface area contributed by atoms with E-state index in [4.69, 9.17) is 5.11 Å². The number of nitrogens with one attached hydrogen (secondary N) is 1. The van der Waals surface area contributed by atoms with Gasteiger partial charge in [0.25, 0.3) is 5.91 Å². The normalized spacial score (nSPS) is 10.1. The number of amides is 1. The van der Waals surface area contributed by atoms with Crippen LogP contribution in [-0.2, 0) is 6.54 Å². The van der Waals surface area contributed by atoms with Crippen molar-refractivity contribution in [1.29, 1.82) is 0 Å². The Morgan fingerprint density at radius 1 is 1.30 bits per heavy atom. The van der Waals surface area contributed by atoms with E-state index in [1.54, 1.807) is 18.5 Å². The van der Waals surface area contributed by atoms with Gasteiger partial charge in [0.15, 0.2) is 0 Å². The number of aromatic nitrogens is 2. The molecule has 2 aromatic rings. The van der Waals surface area contributed by atoms with Gasteiger partial charge in [0.2, 0.25) is 0 Å². The van der Waals surface area contributed by atoms with Gasteiger partial charge in [-0.25, -0.2) is 4.79 Å². The lowest BCUT2D eigenvalue weighted by molar-refractivity contribution is 0.0690. The van der Waals surface area contributed by atoms with Crippen molar-refractivity contribution in [2.24, 2.45) is 0 Å². The average molecular weight is 271 g/mol. The van der Waals surface area contributed by atoms with Gasteiger partial charge < -0.3 is 10.4 Å². The van der Waals surface area contributed by atoms with Crippen molar-refractivity contribution in [2.45, 2.75) is 13.5 Å². The number of carboxylic acids is 1. The topological polar surface area (TPSA) is 92.2 Å². The number of pyridine rings is 2. The Labute approximate surface area is 115 Å².